The van der Waals surface area contributed by atoms with Gasteiger partial charge in [0.15, 0.2) is 23.0 Å². The minimum atomic E-state index is -0.826. The Morgan fingerprint density at radius 1 is 0.584 bits per heavy atom. The third kappa shape index (κ3) is 12.2. The molecule has 25 heteroatoms. The number of aromatic amines is 2. The van der Waals surface area contributed by atoms with E-state index in [1.54, 1.807) is 14.1 Å². The molecule has 6 aromatic carbocycles. The van der Waals surface area contributed by atoms with Crippen molar-refractivity contribution >= 4 is 33.7 Å². The van der Waals surface area contributed by atoms with Gasteiger partial charge in [-0.3, -0.25) is 29.2 Å². The first-order valence-electron chi connectivity index (χ1n) is 34.0. The number of nitrogens with zero attached hydrogens (tertiary/aromatic N) is 6. The van der Waals surface area contributed by atoms with Gasteiger partial charge in [-0.05, 0) is 158 Å². The van der Waals surface area contributed by atoms with Gasteiger partial charge in [-0.15, -0.1) is 0 Å². The average Bonchev–Trinajstić information content (AvgIpc) is 1.35. The third-order valence-corrected chi connectivity index (χ3v) is 23.1. The summed E-state index contributed by atoms with van der Waals surface area (Å²) in [7, 11) is 7.53. The number of carboxylic acids is 1. The molecule has 0 saturated carbocycles. The Morgan fingerprint density at radius 2 is 1.00 bits per heavy atom. The number of nitriles is 2. The second-order valence-electron chi connectivity index (χ2n) is 27.9. The van der Waals surface area contributed by atoms with Crippen molar-refractivity contribution in [3.8, 4) is 58.1 Å². The maximum atomic E-state index is 14.0. The van der Waals surface area contributed by atoms with Gasteiger partial charge in [-0.2, -0.15) is 10.5 Å². The number of carbonyl (C=O) groups excluding carboxylic acids is 1. The number of likely N-dealkylation sites (N-methyl/N-ethyl adjacent to an activating group) is 4. The van der Waals surface area contributed by atoms with Crippen LogP contribution in [0.15, 0.2) is 73.1 Å². The molecule has 1 amide bonds. The van der Waals surface area contributed by atoms with Gasteiger partial charge in [0, 0.05) is 211 Å². The molecule has 4 bridgehead atoms. The number of rotatable bonds is 11. The third-order valence-electron chi connectivity index (χ3n) is 23.1. The molecule has 8 aromatic rings. The van der Waals surface area contributed by atoms with Crippen molar-refractivity contribution in [2.45, 2.75) is 153 Å². The molecule has 8 aliphatic heterocycles. The number of hydrogen-bond acceptors (Lipinski definition) is 19. The fourth-order valence-corrected chi connectivity index (χ4v) is 17.8. The summed E-state index contributed by atoms with van der Waals surface area (Å²) >= 11 is 0. The minimum Gasteiger partial charge on any atom is -0.507 e. The summed E-state index contributed by atoms with van der Waals surface area (Å²) in [5.41, 5.74) is 22.7. The number of phenols is 4. The van der Waals surface area contributed by atoms with Crippen molar-refractivity contribution in [3.05, 3.63) is 162 Å². The summed E-state index contributed by atoms with van der Waals surface area (Å²) in [6.45, 7) is 12.1. The average molecular weight is 1800 g/mol. The molecule has 10 heterocycles. The van der Waals surface area contributed by atoms with Crippen LogP contribution >= 0.6 is 0 Å². The van der Waals surface area contributed by atoms with Gasteiger partial charge in [0.05, 0.1) is 42.3 Å². The topological polar surface area (TPSA) is 326 Å². The predicted octanol–water partition coefficient (Wildman–Crippen LogP) is 7.82. The van der Waals surface area contributed by atoms with Crippen LogP contribution in [0.25, 0.3) is 21.8 Å². The molecule has 12 atom stereocenters. The summed E-state index contributed by atoms with van der Waals surface area (Å²) in [5.74, 6) is 2.22. The number of hydrogen-bond donors (Lipinski definition) is 11. The number of aryl methyl sites for hydroxylation is 2. The van der Waals surface area contributed by atoms with E-state index < -0.39 is 36.2 Å². The van der Waals surface area contributed by atoms with Gasteiger partial charge in [-0.25, -0.2) is 0 Å². The number of phenolic OH excluding ortho intramolecular Hbond substituents is 4. The monoisotopic (exact) mass is 1800 g/mol. The maximum absolute atomic E-state index is 14.0. The van der Waals surface area contributed by atoms with E-state index >= 15 is 0 Å². The van der Waals surface area contributed by atoms with Crippen molar-refractivity contribution in [1.82, 2.24) is 45.5 Å². The standard InChI is InChI=1S/C38H42N6O5.C26H30N4O4.C12H14N2O2.2Ac/c1-18-10-21-12-27-29(14-39)44-28(33(43(27)5)31(21)35(46)19(18)2)13-24-32(37-36(48-17-49-37)20(3)34(24)45)30(44)16-42-38(47)26(40-4)11-22-15-41-25-9-7-6-8-23(22)25;1-11-5-14-6-16-18(8-27)30-17(22(29(16)4)20(14)24(32)12(11)2)7-15-21(19(30)9-28)26-25(33-10-34-26)13(3)23(15)31;1-13-11(12(15)16)6-8-7-14-10-5-3-2-4-9(8)10;;/h6-10,15,26-30,33,40-41,45-46H,11-13,16-17H2,1-5H3,(H,42,47);5,16-19,22,31-32H,6-7,9-10,28H2,1-4H3;2-5,7,11,13-14H,6H2,1H3,(H,15,16);;/t26-,27-,28?,29-,30-,33-;16-,17?,18-,19-,22-;11-;;/m000../s1. The Labute approximate surface area is 658 Å². The molecular weight excluding hydrogens is 1710 g/mol. The van der Waals surface area contributed by atoms with Crippen molar-refractivity contribution in [3.63, 3.8) is 0 Å². The molecule has 23 nitrogen and oxygen atoms in total. The smallest absolute Gasteiger partial charge is 0.321 e. The summed E-state index contributed by atoms with van der Waals surface area (Å²) in [6, 6.07) is 21.6. The number of para-hydroxylation sites is 2. The molecular formula is C76H86Ac2N12O11. The van der Waals surface area contributed by atoms with Crippen molar-refractivity contribution < 1.29 is 142 Å². The molecule has 2 fully saturated rings. The Hall–Kier alpha value is -6.68. The van der Waals surface area contributed by atoms with E-state index in [0.29, 0.717) is 78.4 Å². The molecule has 12 N–H and O–H groups in total. The molecule has 2 radical (unpaired) electrons. The molecule has 522 valence electrons. The normalized spacial score (nSPS) is 23.8. The van der Waals surface area contributed by atoms with E-state index in [2.05, 4.69) is 69.8 Å². The van der Waals surface area contributed by atoms with Crippen LogP contribution in [0.4, 0.5) is 0 Å². The van der Waals surface area contributed by atoms with Crippen LogP contribution in [0.1, 0.15) is 113 Å². The number of ether oxygens (including phenoxy) is 4. The van der Waals surface area contributed by atoms with Gasteiger partial charge in [-0.1, -0.05) is 48.5 Å². The van der Waals surface area contributed by atoms with Gasteiger partial charge in [0.2, 0.25) is 19.5 Å². The Bertz CT molecular complexity index is 4680. The van der Waals surface area contributed by atoms with Crippen LogP contribution in [-0.4, -0.2) is 170 Å². The second kappa shape index (κ2) is 29.5. The quantitative estimate of drug-likeness (QED) is 0.0588. The number of carboxylic acid groups (broad SMARTS) is 1. The number of aromatic nitrogens is 2. The number of fused-ring (bicyclic) bond motifs is 20. The number of H-pyrrole nitrogens is 2. The number of carbonyl (C=O) groups is 2. The van der Waals surface area contributed by atoms with E-state index in [1.807, 2.05) is 117 Å². The van der Waals surface area contributed by atoms with E-state index in [0.717, 1.165) is 99.7 Å². The zero-order valence-corrected chi connectivity index (χ0v) is 68.0. The molecule has 2 saturated heterocycles. The number of benzene rings is 6. The molecule has 2 unspecified atom stereocenters. The van der Waals surface area contributed by atoms with Gasteiger partial charge < -0.3 is 76.1 Å². The van der Waals surface area contributed by atoms with Crippen molar-refractivity contribution in [2.24, 2.45) is 5.73 Å². The van der Waals surface area contributed by atoms with Crippen molar-refractivity contribution in [2.75, 3.05) is 54.9 Å². The number of piperazine rings is 2. The first-order valence-corrected chi connectivity index (χ1v) is 34.0. The molecule has 0 spiro atoms. The molecule has 0 aliphatic carbocycles. The van der Waals surface area contributed by atoms with Crippen molar-refractivity contribution in [1.29, 1.82) is 10.5 Å². The zero-order chi connectivity index (χ0) is 69.9. The van der Waals surface area contributed by atoms with Crippen LogP contribution in [-0.2, 0) is 48.1 Å². The first-order chi connectivity index (χ1) is 47.7. The second-order valence-corrected chi connectivity index (χ2v) is 27.9. The van der Waals surface area contributed by atoms with Crippen LogP contribution in [0.2, 0.25) is 0 Å². The van der Waals surface area contributed by atoms with Crippen LogP contribution in [0.3, 0.4) is 0 Å². The fourth-order valence-electron chi connectivity index (χ4n) is 17.8. The van der Waals surface area contributed by atoms with Gasteiger partial charge in [0.1, 0.15) is 41.1 Å². The number of aliphatic carboxylic acids is 1. The largest absolute Gasteiger partial charge is 0.507 e. The number of nitrogens with two attached hydrogens (primary N) is 1. The van der Waals surface area contributed by atoms with Crippen LogP contribution in [0.5, 0.6) is 46.0 Å². The summed E-state index contributed by atoms with van der Waals surface area (Å²) in [6.07, 6.45) is 7.01. The molecule has 8 aliphatic rings. The zero-order valence-electron chi connectivity index (χ0n) is 58.5. The fraction of sp³-hybridized carbons (Fsp3) is 0.421. The summed E-state index contributed by atoms with van der Waals surface area (Å²) < 4.78 is 23.5. The molecule has 16 rings (SSSR count). The van der Waals surface area contributed by atoms with E-state index in [-0.39, 0.29) is 180 Å². The Balaban J connectivity index is 0.000000160. The first kappa shape index (κ1) is 74.1. The maximum Gasteiger partial charge on any atom is 0.321 e. The van der Waals surface area contributed by atoms with E-state index in [1.165, 1.54) is 0 Å². The van der Waals surface area contributed by atoms with Gasteiger partial charge in [0.25, 0.3) is 0 Å². The minimum absolute atomic E-state index is 0. The van der Waals surface area contributed by atoms with Crippen LogP contribution in [0, 0.1) is 152 Å². The summed E-state index contributed by atoms with van der Waals surface area (Å²) in [4.78, 5) is 40.3. The molecule has 2 aromatic heterocycles. The predicted molar refractivity (Wildman–Crippen MR) is 371 cm³/mol. The van der Waals surface area contributed by atoms with Crippen LogP contribution < -0.4 is 40.6 Å². The van der Waals surface area contributed by atoms with E-state index in [4.69, 9.17) is 29.8 Å². The molecule has 101 heavy (non-hydrogen) atoms. The van der Waals surface area contributed by atoms with E-state index in [9.17, 15) is 40.5 Å². The Morgan fingerprint density at radius 3 is 1.43 bits per heavy atom. The number of amides is 1. The van der Waals surface area contributed by atoms with Gasteiger partial charge >= 0.3 is 5.97 Å². The Kier molecular flexibility index (Phi) is 21.6. The number of nitrogens with one attached hydrogen (secondary N) is 5. The summed E-state index contributed by atoms with van der Waals surface area (Å²) in [5, 5.41) is 87.5. The number of aromatic hydroxyl groups is 4. The SMILES string of the molecule is CN[C@@H](Cc1c[nH]c2ccccc12)C(=O)NC[C@H]1c2c(c(O)c(C)c3c2OCO3)CC2[C@H]3c4c(cc(C)c(C)c4O)C[C@@H]([C@H](C#N)N21)N3C.CN[C@@H](Cc1c[nH]c2ccccc12)C(=O)O.Cc1cc2c(c(O)c1C)[C@@H]1C3Cc4c(O)c(C)c5c(c4[C@H](CN)N3[C@@H](C#N)[C@H](C2)N1C)OCO5.[Ac].[Ac].